The summed E-state index contributed by atoms with van der Waals surface area (Å²) < 4.78 is 72.3. The van der Waals surface area contributed by atoms with Crippen molar-refractivity contribution >= 4 is 28.1 Å². The summed E-state index contributed by atoms with van der Waals surface area (Å²) >= 11 is 6.19. The summed E-state index contributed by atoms with van der Waals surface area (Å²) in [6, 6.07) is 6.11. The van der Waals surface area contributed by atoms with E-state index in [4.69, 9.17) is 11.6 Å². The highest BCUT2D eigenvalue weighted by molar-refractivity contribution is 6.32. The van der Waals surface area contributed by atoms with Gasteiger partial charge in [-0.3, -0.25) is 9.59 Å². The molecule has 0 fully saturated rings. The molecule has 0 saturated heterocycles. The van der Waals surface area contributed by atoms with Crippen LogP contribution in [-0.2, 0) is 14.1 Å². The van der Waals surface area contributed by atoms with E-state index in [2.05, 4.69) is 15.3 Å². The molecule has 0 amide bonds. The highest BCUT2D eigenvalue weighted by atomic mass is 35.5. The molecule has 0 aliphatic rings. The first-order valence-electron chi connectivity index (χ1n) is 12.4. The number of aryl methyl sites for hydroxylation is 1. The van der Waals surface area contributed by atoms with Gasteiger partial charge in [-0.1, -0.05) is 11.6 Å². The molecule has 5 rings (SSSR count). The fourth-order valence-corrected chi connectivity index (χ4v) is 5.00. The third-order valence-corrected chi connectivity index (χ3v) is 7.31. The summed E-state index contributed by atoms with van der Waals surface area (Å²) in [6.07, 6.45) is 1.06. The Kier molecular flexibility index (Phi) is 7.58. The Hall–Kier alpha value is -4.58. The second-order valence-corrected chi connectivity index (χ2v) is 9.97. The van der Waals surface area contributed by atoms with Crippen LogP contribution in [0.25, 0.3) is 33.4 Å². The fraction of sp³-hybridized carbons (Fsp3) is 0.172. The molecule has 3 aromatic heterocycles. The molecule has 0 saturated carbocycles. The first kappa shape index (κ1) is 28.9. The van der Waals surface area contributed by atoms with Crippen LogP contribution in [0.3, 0.4) is 0 Å². The number of alkyl halides is 2. The molecule has 0 bridgehead atoms. The monoisotopic (exact) mass is 601 g/mol. The molecule has 3 heterocycles. The number of rotatable bonds is 6. The van der Waals surface area contributed by atoms with Gasteiger partial charge in [0.1, 0.15) is 10.8 Å². The molecule has 1 N–H and O–H groups in total. The SMILES string of the molecule is C[C@@H](Nc1ccc(F)c(F)c1C(F)F)c1cc(F)cc2c(=O)n(C)c(-c3cnc(-c4ccn(C)c(=O)c4Cl)nc3)cc12. The van der Waals surface area contributed by atoms with Gasteiger partial charge in [-0.2, -0.15) is 0 Å². The molecule has 0 aliphatic carbocycles. The van der Waals surface area contributed by atoms with Gasteiger partial charge < -0.3 is 14.5 Å². The average molecular weight is 602 g/mol. The number of aromatic nitrogens is 4. The lowest BCUT2D eigenvalue weighted by atomic mass is 9.98. The first-order valence-corrected chi connectivity index (χ1v) is 12.8. The minimum Gasteiger partial charge on any atom is -0.378 e. The predicted molar refractivity (Wildman–Crippen MR) is 149 cm³/mol. The highest BCUT2D eigenvalue weighted by Gasteiger charge is 2.24. The molecule has 42 heavy (non-hydrogen) atoms. The van der Waals surface area contributed by atoms with Crippen molar-refractivity contribution in [2.75, 3.05) is 5.32 Å². The molecule has 13 heteroatoms. The quantitative estimate of drug-likeness (QED) is 0.224. The predicted octanol–water partition coefficient (Wildman–Crippen LogP) is 6.54. The average Bonchev–Trinajstić information content (AvgIpc) is 2.95. The summed E-state index contributed by atoms with van der Waals surface area (Å²) in [6.45, 7) is 1.51. The van der Waals surface area contributed by atoms with Crippen LogP contribution in [0.1, 0.15) is 30.5 Å². The zero-order valence-electron chi connectivity index (χ0n) is 22.2. The number of pyridine rings is 2. The lowest BCUT2D eigenvalue weighted by molar-refractivity contribution is 0.146. The van der Waals surface area contributed by atoms with E-state index in [-0.39, 0.29) is 32.9 Å². The Bertz CT molecular complexity index is 1980. The molecule has 5 aromatic rings. The van der Waals surface area contributed by atoms with Gasteiger partial charge in [0.25, 0.3) is 17.5 Å². The van der Waals surface area contributed by atoms with Gasteiger partial charge in [0.05, 0.1) is 16.6 Å². The van der Waals surface area contributed by atoms with Gasteiger partial charge in [0, 0.05) is 55.5 Å². The second-order valence-electron chi connectivity index (χ2n) is 9.59. The Labute approximate surface area is 239 Å². The van der Waals surface area contributed by atoms with E-state index < -0.39 is 46.6 Å². The fourth-order valence-electron chi connectivity index (χ4n) is 4.72. The van der Waals surface area contributed by atoms with E-state index in [1.165, 1.54) is 41.7 Å². The number of nitrogens with one attached hydrogen (secondary N) is 1. The zero-order chi connectivity index (χ0) is 30.5. The van der Waals surface area contributed by atoms with E-state index >= 15 is 0 Å². The molecule has 0 aliphatic heterocycles. The standard InChI is InChI=1S/C29H21ClF5N5O2/c1-13(38-21-5-4-20(32)25(33)23(21)26(34)35)17-8-15(31)9-19-18(17)10-22(40(3)28(19)41)14-11-36-27(37-12-14)16-6-7-39(2)29(42)24(16)30/h4-13,26,38H,1-3H3/t13-/m1/s1. The van der Waals surface area contributed by atoms with Gasteiger partial charge in [-0.15, -0.1) is 0 Å². The summed E-state index contributed by atoms with van der Waals surface area (Å²) in [4.78, 5) is 34.1. The van der Waals surface area contributed by atoms with Crippen molar-refractivity contribution in [3.8, 4) is 22.6 Å². The van der Waals surface area contributed by atoms with Crippen molar-refractivity contribution in [1.82, 2.24) is 19.1 Å². The van der Waals surface area contributed by atoms with Gasteiger partial charge in [-0.05, 0) is 54.3 Å². The summed E-state index contributed by atoms with van der Waals surface area (Å²) in [5.74, 6) is -3.70. The van der Waals surface area contributed by atoms with Crippen LogP contribution in [0.15, 0.2) is 64.6 Å². The minimum atomic E-state index is -3.32. The van der Waals surface area contributed by atoms with Crippen LogP contribution in [0, 0.1) is 17.5 Å². The topological polar surface area (TPSA) is 81.8 Å². The molecule has 1 atom stereocenters. The molecule has 0 unspecified atom stereocenters. The largest absolute Gasteiger partial charge is 0.378 e. The number of benzene rings is 2. The van der Waals surface area contributed by atoms with E-state index in [1.807, 2.05) is 0 Å². The van der Waals surface area contributed by atoms with Crippen molar-refractivity contribution < 1.29 is 22.0 Å². The van der Waals surface area contributed by atoms with Crippen molar-refractivity contribution in [2.45, 2.75) is 19.4 Å². The van der Waals surface area contributed by atoms with Gasteiger partial charge >= 0.3 is 0 Å². The Morgan fingerprint density at radius 2 is 1.62 bits per heavy atom. The lowest BCUT2D eigenvalue weighted by Crippen LogP contribution is -2.20. The summed E-state index contributed by atoms with van der Waals surface area (Å²) in [5.41, 5.74) is -1.26. The first-order chi connectivity index (χ1) is 19.9. The van der Waals surface area contributed by atoms with Crippen LogP contribution in [0.5, 0.6) is 0 Å². The van der Waals surface area contributed by atoms with Crippen LogP contribution >= 0.6 is 11.6 Å². The van der Waals surface area contributed by atoms with Crippen molar-refractivity contribution in [3.63, 3.8) is 0 Å². The molecule has 2 aromatic carbocycles. The lowest BCUT2D eigenvalue weighted by Gasteiger charge is -2.21. The second kappa shape index (κ2) is 11.0. The van der Waals surface area contributed by atoms with Crippen molar-refractivity contribution in [1.29, 1.82) is 0 Å². The Morgan fingerprint density at radius 3 is 2.29 bits per heavy atom. The number of hydrogen-bond donors (Lipinski definition) is 1. The molecule has 0 radical (unpaired) electrons. The molecular formula is C29H21ClF5N5O2. The third kappa shape index (κ3) is 5.02. The number of anilines is 1. The van der Waals surface area contributed by atoms with E-state index in [0.29, 0.717) is 22.9 Å². The van der Waals surface area contributed by atoms with Crippen LogP contribution in [0.2, 0.25) is 5.02 Å². The number of halogens is 6. The smallest absolute Gasteiger partial charge is 0.269 e. The number of fused-ring (bicyclic) bond motifs is 1. The van der Waals surface area contributed by atoms with E-state index in [0.717, 1.165) is 18.2 Å². The normalized spacial score (nSPS) is 12.2. The Balaban J connectivity index is 1.61. The molecule has 216 valence electrons. The van der Waals surface area contributed by atoms with E-state index in [1.54, 1.807) is 19.2 Å². The molecule has 7 nitrogen and oxygen atoms in total. The molecule has 0 spiro atoms. The zero-order valence-corrected chi connectivity index (χ0v) is 23.0. The Morgan fingerprint density at radius 1 is 0.929 bits per heavy atom. The maximum absolute atomic E-state index is 14.7. The summed E-state index contributed by atoms with van der Waals surface area (Å²) in [7, 11) is 3.03. The van der Waals surface area contributed by atoms with Crippen LogP contribution in [-0.4, -0.2) is 19.1 Å². The third-order valence-electron chi connectivity index (χ3n) is 6.94. The molecular weight excluding hydrogens is 581 g/mol. The van der Waals surface area contributed by atoms with Crippen molar-refractivity contribution in [3.05, 3.63) is 109 Å². The van der Waals surface area contributed by atoms with Gasteiger partial charge in [-0.25, -0.2) is 31.9 Å². The summed E-state index contributed by atoms with van der Waals surface area (Å²) in [5, 5.41) is 2.94. The van der Waals surface area contributed by atoms with Crippen molar-refractivity contribution in [2.24, 2.45) is 14.1 Å². The minimum absolute atomic E-state index is 0.00807. The van der Waals surface area contributed by atoms with E-state index in [9.17, 15) is 31.5 Å². The van der Waals surface area contributed by atoms with Gasteiger partial charge in [0.15, 0.2) is 17.5 Å². The van der Waals surface area contributed by atoms with Crippen LogP contribution < -0.4 is 16.4 Å². The van der Waals surface area contributed by atoms with Gasteiger partial charge in [0.2, 0.25) is 0 Å². The maximum Gasteiger partial charge on any atom is 0.269 e. The number of nitrogens with zero attached hydrogens (tertiary/aromatic N) is 4. The van der Waals surface area contributed by atoms with Crippen LogP contribution in [0.4, 0.5) is 27.6 Å². The maximum atomic E-state index is 14.7. The number of hydrogen-bond acceptors (Lipinski definition) is 5. The highest BCUT2D eigenvalue weighted by Crippen LogP contribution is 2.35.